The molecule has 10 heteroatoms. The Morgan fingerprint density at radius 1 is 1.17 bits per heavy atom. The van der Waals surface area contributed by atoms with Gasteiger partial charge in [0.1, 0.15) is 24.0 Å². The van der Waals surface area contributed by atoms with Crippen LogP contribution in [0.25, 0.3) is 21.1 Å². The first-order valence-electron chi connectivity index (χ1n) is 11.9. The third-order valence-electron chi connectivity index (χ3n) is 6.77. The molecule has 4 heterocycles. The molecule has 36 heavy (non-hydrogen) atoms. The summed E-state index contributed by atoms with van der Waals surface area (Å²) in [7, 11) is 2.11. The molecule has 4 N–H and O–H groups in total. The van der Waals surface area contributed by atoms with E-state index < -0.39 is 11.8 Å². The number of thiophene rings is 1. The Morgan fingerprint density at radius 3 is 2.58 bits per heavy atom. The summed E-state index contributed by atoms with van der Waals surface area (Å²) in [5, 5.41) is 33.1. The number of nitrogens with zero attached hydrogens (tertiary/aromatic N) is 4. The molecule has 1 aliphatic heterocycles. The van der Waals surface area contributed by atoms with Gasteiger partial charge in [0.25, 0.3) is 0 Å². The second kappa shape index (κ2) is 10.3. The number of nitrogens with one attached hydrogen (secondary N) is 2. The first-order chi connectivity index (χ1) is 17.3. The fourth-order valence-electron chi connectivity index (χ4n) is 4.93. The fourth-order valence-corrected chi connectivity index (χ4v) is 6.21. The van der Waals surface area contributed by atoms with Gasteiger partial charge in [-0.15, -0.1) is 11.3 Å². The average Bonchev–Trinajstić information content (AvgIpc) is 3.55. The lowest BCUT2D eigenvalue weighted by molar-refractivity contribution is -0.0102. The number of halogens is 1. The Bertz CT molecular complexity index is 1300. The Kier molecular flexibility index (Phi) is 7.09. The number of hydrogen-bond acceptors (Lipinski definition) is 8. The second-order valence-corrected chi connectivity index (χ2v) is 10.8. The number of rotatable bonds is 7. The molecule has 188 valence electrons. The molecule has 8 nitrogen and oxygen atoms in total. The predicted octanol–water partition coefficient (Wildman–Crippen LogP) is 4.58. The number of aliphatic hydroxyl groups is 2. The third-order valence-corrected chi connectivity index (χ3v) is 8.21. The molecule has 2 unspecified atom stereocenters. The van der Waals surface area contributed by atoms with E-state index in [1.165, 1.54) is 17.7 Å². The van der Waals surface area contributed by atoms with E-state index in [4.69, 9.17) is 11.6 Å². The van der Waals surface area contributed by atoms with E-state index in [9.17, 15) is 10.2 Å². The monoisotopic (exact) mass is 524 g/mol. The number of anilines is 1. The van der Waals surface area contributed by atoms with Crippen molar-refractivity contribution < 1.29 is 10.2 Å². The molecule has 1 aromatic carbocycles. The van der Waals surface area contributed by atoms with Crippen LogP contribution in [0.3, 0.4) is 0 Å². The van der Waals surface area contributed by atoms with Gasteiger partial charge in [-0.3, -0.25) is 5.10 Å². The first kappa shape index (κ1) is 24.9. The van der Waals surface area contributed by atoms with E-state index in [2.05, 4.69) is 43.5 Å². The zero-order valence-corrected chi connectivity index (χ0v) is 21.7. The van der Waals surface area contributed by atoms with Gasteiger partial charge < -0.3 is 20.4 Å². The minimum absolute atomic E-state index is 0.00361. The van der Waals surface area contributed by atoms with Gasteiger partial charge in [0.2, 0.25) is 0 Å². The fraction of sp³-hybridized carbons (Fsp3) is 0.346. The summed E-state index contributed by atoms with van der Waals surface area (Å²) in [6.45, 7) is 3.47. The molecule has 0 saturated carbocycles. The van der Waals surface area contributed by atoms with Gasteiger partial charge in [-0.2, -0.15) is 5.10 Å². The molecule has 4 aromatic rings. The lowest BCUT2D eigenvalue weighted by atomic mass is 9.72. The normalized spacial score (nSPS) is 17.6. The molecule has 1 fully saturated rings. The second-order valence-electron chi connectivity index (χ2n) is 9.29. The number of likely N-dealkylation sites (tertiary alicyclic amines) is 1. The number of pyridine rings is 1. The molecule has 1 saturated heterocycles. The van der Waals surface area contributed by atoms with E-state index in [0.29, 0.717) is 16.7 Å². The van der Waals surface area contributed by atoms with Crippen LogP contribution in [0.5, 0.6) is 0 Å². The van der Waals surface area contributed by atoms with Gasteiger partial charge in [0.15, 0.2) is 5.82 Å². The highest BCUT2D eigenvalue weighted by molar-refractivity contribution is 7.19. The lowest BCUT2D eigenvalue weighted by Crippen LogP contribution is -2.43. The predicted molar refractivity (Wildman–Crippen MR) is 143 cm³/mol. The standard InChI is InChI=1S/C26H29ClN6O2S/c1-16(34)31-23-13-17(7-10-28-23)22-14-21(24(36-22)25-29-15-30-32-25)26(35,18-3-5-20(27)6-4-18)19-8-11-33(2)12-9-19/h3-7,10,13-16,19,34-35H,8-9,11-12H2,1-2H3,(H,28,31)(H,29,30,32). The molecule has 1 aliphatic rings. The van der Waals surface area contributed by atoms with E-state index in [1.807, 2.05) is 36.4 Å². The highest BCUT2D eigenvalue weighted by Gasteiger charge is 2.44. The van der Waals surface area contributed by atoms with E-state index in [0.717, 1.165) is 52.4 Å². The van der Waals surface area contributed by atoms with Crippen molar-refractivity contribution in [3.63, 3.8) is 0 Å². The lowest BCUT2D eigenvalue weighted by Gasteiger charge is -2.41. The smallest absolute Gasteiger partial charge is 0.165 e. The summed E-state index contributed by atoms with van der Waals surface area (Å²) in [4.78, 5) is 12.8. The summed E-state index contributed by atoms with van der Waals surface area (Å²) in [5.41, 5.74) is 1.26. The topological polar surface area (TPSA) is 110 Å². The van der Waals surface area contributed by atoms with Crippen molar-refractivity contribution in [1.82, 2.24) is 25.1 Å². The van der Waals surface area contributed by atoms with Crippen LogP contribution in [0.2, 0.25) is 5.02 Å². The number of aliphatic hydroxyl groups excluding tert-OH is 1. The van der Waals surface area contributed by atoms with Crippen LogP contribution in [0.15, 0.2) is 55.0 Å². The molecular formula is C26H29ClN6O2S. The van der Waals surface area contributed by atoms with Crippen molar-refractivity contribution >= 4 is 28.8 Å². The highest BCUT2D eigenvalue weighted by atomic mass is 35.5. The summed E-state index contributed by atoms with van der Waals surface area (Å²) < 4.78 is 0. The number of H-pyrrole nitrogens is 1. The Labute approximate surface area is 219 Å². The van der Waals surface area contributed by atoms with Crippen molar-refractivity contribution in [3.05, 3.63) is 71.1 Å². The maximum Gasteiger partial charge on any atom is 0.165 e. The van der Waals surface area contributed by atoms with E-state index in [1.54, 1.807) is 13.1 Å². The van der Waals surface area contributed by atoms with Crippen LogP contribution in [0, 0.1) is 5.92 Å². The molecule has 2 atom stereocenters. The number of aromatic nitrogens is 4. The molecule has 0 spiro atoms. The average molecular weight is 525 g/mol. The molecule has 0 radical (unpaired) electrons. The Hall–Kier alpha value is -2.82. The van der Waals surface area contributed by atoms with Crippen molar-refractivity contribution in [1.29, 1.82) is 0 Å². The quantitative estimate of drug-likeness (QED) is 0.262. The number of hydrogen-bond donors (Lipinski definition) is 4. The van der Waals surface area contributed by atoms with Crippen LogP contribution in [-0.4, -0.2) is 61.6 Å². The van der Waals surface area contributed by atoms with Crippen LogP contribution in [0.4, 0.5) is 5.82 Å². The van der Waals surface area contributed by atoms with Crippen molar-refractivity contribution in [2.24, 2.45) is 5.92 Å². The van der Waals surface area contributed by atoms with Gasteiger partial charge >= 0.3 is 0 Å². The zero-order valence-electron chi connectivity index (χ0n) is 20.1. The van der Waals surface area contributed by atoms with Crippen molar-refractivity contribution in [3.8, 4) is 21.1 Å². The van der Waals surface area contributed by atoms with Gasteiger partial charge in [-0.05, 0) is 87.3 Å². The van der Waals surface area contributed by atoms with Gasteiger partial charge in [0, 0.05) is 21.7 Å². The summed E-state index contributed by atoms with van der Waals surface area (Å²) in [5.74, 6) is 1.18. The van der Waals surface area contributed by atoms with Gasteiger partial charge in [0.05, 0.1) is 4.88 Å². The minimum Gasteiger partial charge on any atom is -0.380 e. The molecular weight excluding hydrogens is 496 g/mol. The van der Waals surface area contributed by atoms with Crippen LogP contribution >= 0.6 is 22.9 Å². The summed E-state index contributed by atoms with van der Waals surface area (Å²) in [6, 6.07) is 13.4. The zero-order chi connectivity index (χ0) is 25.3. The SMILES string of the molecule is CC(O)Nc1cc(-c2cc(C(O)(c3ccc(Cl)cc3)C3CCN(C)CC3)c(-c3ncn[nH]3)s2)ccn1. The van der Waals surface area contributed by atoms with Crippen LogP contribution < -0.4 is 5.32 Å². The first-order valence-corrected chi connectivity index (χ1v) is 13.1. The van der Waals surface area contributed by atoms with Crippen LogP contribution in [0.1, 0.15) is 30.9 Å². The van der Waals surface area contributed by atoms with Gasteiger partial charge in [-0.25, -0.2) is 9.97 Å². The molecule has 3 aromatic heterocycles. The molecule has 0 amide bonds. The van der Waals surface area contributed by atoms with E-state index in [-0.39, 0.29) is 5.92 Å². The van der Waals surface area contributed by atoms with Gasteiger partial charge in [-0.1, -0.05) is 23.7 Å². The number of piperidine rings is 1. The minimum atomic E-state index is -1.25. The van der Waals surface area contributed by atoms with E-state index >= 15 is 0 Å². The molecule has 0 bridgehead atoms. The Balaban J connectivity index is 1.68. The highest BCUT2D eigenvalue weighted by Crippen LogP contribution is 2.49. The number of benzene rings is 1. The molecule has 5 rings (SSSR count). The summed E-state index contributed by atoms with van der Waals surface area (Å²) >= 11 is 7.76. The summed E-state index contributed by atoms with van der Waals surface area (Å²) in [6.07, 6.45) is 4.17. The maximum absolute atomic E-state index is 12.7. The molecule has 0 aliphatic carbocycles. The maximum atomic E-state index is 12.7. The van der Waals surface area contributed by atoms with Crippen molar-refractivity contribution in [2.45, 2.75) is 31.6 Å². The van der Waals surface area contributed by atoms with Crippen molar-refractivity contribution in [2.75, 3.05) is 25.5 Å². The Morgan fingerprint density at radius 2 is 1.92 bits per heavy atom. The third kappa shape index (κ3) is 4.89. The largest absolute Gasteiger partial charge is 0.380 e. The number of aromatic amines is 1. The van der Waals surface area contributed by atoms with Crippen LogP contribution in [-0.2, 0) is 5.60 Å².